The van der Waals surface area contributed by atoms with Crippen molar-refractivity contribution in [2.45, 2.75) is 18.6 Å². The van der Waals surface area contributed by atoms with Crippen LogP contribution in [0, 0.1) is 11.6 Å². The summed E-state index contributed by atoms with van der Waals surface area (Å²) in [6, 6.07) is 22.8. The van der Waals surface area contributed by atoms with Crippen LogP contribution in [0.4, 0.5) is 20.4 Å². The van der Waals surface area contributed by atoms with Gasteiger partial charge in [0.15, 0.2) is 0 Å². The number of nitrogens with one attached hydrogen (secondary N) is 2. The van der Waals surface area contributed by atoms with Gasteiger partial charge < -0.3 is 31.7 Å². The third-order valence-electron chi connectivity index (χ3n) is 10.2. The smallest absolute Gasteiger partial charge is 0.253 e. The maximum Gasteiger partial charge on any atom is 0.253 e. The first-order valence-electron chi connectivity index (χ1n) is 18.0. The Balaban J connectivity index is 0.974. The van der Waals surface area contributed by atoms with Gasteiger partial charge in [-0.1, -0.05) is 48.5 Å². The molecule has 0 radical (unpaired) electrons. The Bertz CT molecular complexity index is 2340. The van der Waals surface area contributed by atoms with Gasteiger partial charge in [-0.05, 0) is 96.0 Å². The van der Waals surface area contributed by atoms with Crippen molar-refractivity contribution in [3.63, 3.8) is 0 Å². The molecule has 2 atom stereocenters. The van der Waals surface area contributed by atoms with Crippen LogP contribution in [-0.4, -0.2) is 84.1 Å². The van der Waals surface area contributed by atoms with Gasteiger partial charge in [-0.2, -0.15) is 0 Å². The van der Waals surface area contributed by atoms with Crippen molar-refractivity contribution in [3.8, 4) is 22.3 Å². The molecule has 0 aliphatic carbocycles. The largest absolute Gasteiger partial charge is 0.383 e. The number of likely N-dealkylation sites (N-methyl/N-ethyl adjacent to an activating group) is 1. The molecule has 3 heterocycles. The van der Waals surface area contributed by atoms with E-state index in [0.717, 1.165) is 41.6 Å². The Kier molecular flexibility index (Phi) is 10.8. The van der Waals surface area contributed by atoms with Crippen molar-refractivity contribution >= 4 is 39.1 Å². The van der Waals surface area contributed by atoms with E-state index >= 15 is 4.39 Å². The molecule has 12 heteroatoms. The lowest BCUT2D eigenvalue weighted by Crippen LogP contribution is -2.34. The molecule has 10 nitrogen and oxygen atoms in total. The number of carbonyl (C=O) groups is 1. The topological polar surface area (TPSA) is 146 Å². The number of aliphatic hydroxyl groups is 1. The van der Waals surface area contributed by atoms with Crippen LogP contribution < -0.4 is 22.1 Å². The maximum absolute atomic E-state index is 15.7. The second-order valence-corrected chi connectivity index (χ2v) is 14.1. The van der Waals surface area contributed by atoms with Gasteiger partial charge in [0, 0.05) is 67.4 Å². The molecule has 2 unspecified atom stereocenters. The fourth-order valence-electron chi connectivity index (χ4n) is 7.26. The van der Waals surface area contributed by atoms with Crippen molar-refractivity contribution < 1.29 is 18.7 Å². The molecule has 1 saturated heterocycles. The van der Waals surface area contributed by atoms with Crippen LogP contribution in [0.2, 0.25) is 0 Å². The van der Waals surface area contributed by atoms with Crippen molar-refractivity contribution in [2.75, 3.05) is 64.8 Å². The predicted molar refractivity (Wildman–Crippen MR) is 211 cm³/mol. The van der Waals surface area contributed by atoms with Gasteiger partial charge in [-0.25, -0.2) is 18.7 Å². The molecule has 7 rings (SSSR count). The number of amides is 1. The van der Waals surface area contributed by atoms with Gasteiger partial charge >= 0.3 is 0 Å². The van der Waals surface area contributed by atoms with Crippen LogP contribution in [0.1, 0.15) is 40.1 Å². The maximum atomic E-state index is 15.7. The molecule has 0 bridgehead atoms. The van der Waals surface area contributed by atoms with Crippen LogP contribution in [0.5, 0.6) is 0 Å². The minimum atomic E-state index is -0.907. The summed E-state index contributed by atoms with van der Waals surface area (Å²) in [5.41, 5.74) is 17.1. The summed E-state index contributed by atoms with van der Waals surface area (Å²) < 4.78 is 29.5. The molecule has 4 aromatic carbocycles. The lowest BCUT2D eigenvalue weighted by molar-refractivity contribution is 0.0951. The van der Waals surface area contributed by atoms with Gasteiger partial charge in [0.25, 0.3) is 5.91 Å². The highest BCUT2D eigenvalue weighted by Gasteiger charge is 2.26. The van der Waals surface area contributed by atoms with Gasteiger partial charge in [0.2, 0.25) is 0 Å². The number of hydrogen-bond acceptors (Lipinski definition) is 9. The second-order valence-electron chi connectivity index (χ2n) is 14.1. The standard InChI is InChI=1S/C42H44F2N8O2/c1-51(2)16-13-47-41(53)36-22-49-40(46)35-20-27(8-11-33(35)36)28-6-9-31(38(44)21-28)29-12-15-52(24-29)17-14-48-42(54)37-23-50-39(45)34-19-26(7-10-32(34)37)25-4-3-5-30(43)18-25/h3-11,18-23,29,41,47,53H,12-17,24H2,1-2H3,(H2,45,50)(H2,46,49)(H,48,54). The lowest BCUT2D eigenvalue weighted by Gasteiger charge is -2.18. The Morgan fingerprint density at radius 2 is 1.54 bits per heavy atom. The zero-order chi connectivity index (χ0) is 37.9. The molecular weight excluding hydrogens is 687 g/mol. The highest BCUT2D eigenvalue weighted by molar-refractivity contribution is 6.09. The van der Waals surface area contributed by atoms with Crippen LogP contribution >= 0.6 is 0 Å². The normalized spacial score (nSPS) is 15.3. The molecule has 6 aromatic rings. The van der Waals surface area contributed by atoms with Crippen molar-refractivity contribution in [2.24, 2.45) is 0 Å². The van der Waals surface area contributed by atoms with E-state index in [0.29, 0.717) is 70.4 Å². The summed E-state index contributed by atoms with van der Waals surface area (Å²) in [5, 5.41) is 19.7. The van der Waals surface area contributed by atoms with E-state index in [9.17, 15) is 14.3 Å². The Morgan fingerprint density at radius 1 is 0.870 bits per heavy atom. The van der Waals surface area contributed by atoms with E-state index in [4.69, 9.17) is 11.5 Å². The number of pyridine rings is 2. The van der Waals surface area contributed by atoms with Crippen LogP contribution in [0.25, 0.3) is 43.8 Å². The summed E-state index contributed by atoms with van der Waals surface area (Å²) in [6.07, 6.45) is 2.96. The van der Waals surface area contributed by atoms with Crippen molar-refractivity contribution in [1.82, 2.24) is 30.4 Å². The molecule has 1 aliphatic rings. The van der Waals surface area contributed by atoms with Crippen molar-refractivity contribution in [3.05, 3.63) is 120 Å². The lowest BCUT2D eigenvalue weighted by atomic mass is 9.94. The van der Waals surface area contributed by atoms with Crippen LogP contribution in [-0.2, 0) is 0 Å². The SMILES string of the molecule is CN(C)CCNC(O)c1cnc(N)c2cc(-c3ccc(C4CCN(CCNC(=O)c5cnc(N)c6cc(-c7cccc(F)c7)ccc56)C4)c(F)c3)ccc12. The number of nitrogens with zero attached hydrogens (tertiary/aromatic N) is 4. The van der Waals surface area contributed by atoms with Crippen LogP contribution in [0.15, 0.2) is 91.3 Å². The molecule has 278 valence electrons. The number of nitrogen functional groups attached to an aromatic ring is 2. The van der Waals surface area contributed by atoms with E-state index in [1.807, 2.05) is 73.6 Å². The molecular formula is C42H44F2N8O2. The zero-order valence-corrected chi connectivity index (χ0v) is 30.3. The third-order valence-corrected chi connectivity index (χ3v) is 10.2. The van der Waals surface area contributed by atoms with Crippen LogP contribution in [0.3, 0.4) is 0 Å². The summed E-state index contributed by atoms with van der Waals surface area (Å²) >= 11 is 0. The molecule has 54 heavy (non-hydrogen) atoms. The predicted octanol–water partition coefficient (Wildman–Crippen LogP) is 5.92. The highest BCUT2D eigenvalue weighted by atomic mass is 19.1. The molecule has 1 amide bonds. The molecule has 1 aliphatic heterocycles. The number of rotatable bonds is 12. The van der Waals surface area contributed by atoms with E-state index in [1.54, 1.807) is 18.3 Å². The third kappa shape index (κ3) is 7.87. The number of halogens is 2. The van der Waals surface area contributed by atoms with Gasteiger partial charge in [0.05, 0.1) is 5.56 Å². The number of aromatic nitrogens is 2. The van der Waals surface area contributed by atoms with E-state index in [1.165, 1.54) is 18.3 Å². The number of anilines is 2. The molecule has 0 saturated carbocycles. The number of nitrogens with two attached hydrogens (primary N) is 2. The highest BCUT2D eigenvalue weighted by Crippen LogP contribution is 2.35. The molecule has 1 fully saturated rings. The summed E-state index contributed by atoms with van der Waals surface area (Å²) in [6.45, 7) is 3.85. The van der Waals surface area contributed by atoms with Gasteiger partial charge in [-0.3, -0.25) is 10.1 Å². The van der Waals surface area contributed by atoms with Crippen molar-refractivity contribution in [1.29, 1.82) is 0 Å². The number of fused-ring (bicyclic) bond motifs is 2. The van der Waals surface area contributed by atoms with E-state index in [-0.39, 0.29) is 29.3 Å². The van der Waals surface area contributed by atoms with E-state index < -0.39 is 6.23 Å². The fourth-order valence-corrected chi connectivity index (χ4v) is 7.26. The summed E-state index contributed by atoms with van der Waals surface area (Å²) in [5.74, 6) is -0.220. The number of aliphatic hydroxyl groups excluding tert-OH is 1. The zero-order valence-electron chi connectivity index (χ0n) is 30.3. The number of likely N-dealkylation sites (tertiary alicyclic amines) is 1. The monoisotopic (exact) mass is 730 g/mol. The molecule has 7 N–H and O–H groups in total. The Hall–Kier alpha value is -5.53. The second kappa shape index (κ2) is 15.8. The Labute approximate surface area is 312 Å². The van der Waals surface area contributed by atoms with Gasteiger partial charge in [0.1, 0.15) is 29.5 Å². The average Bonchev–Trinajstić information content (AvgIpc) is 3.63. The first-order chi connectivity index (χ1) is 26.0. The number of benzene rings is 4. The summed E-state index contributed by atoms with van der Waals surface area (Å²) in [4.78, 5) is 26.1. The fraction of sp³-hybridized carbons (Fsp3) is 0.262. The number of hydrogen-bond donors (Lipinski definition) is 5. The van der Waals surface area contributed by atoms with E-state index in [2.05, 4.69) is 25.5 Å². The molecule has 0 spiro atoms. The first kappa shape index (κ1) is 36.8. The average molecular weight is 731 g/mol. The first-order valence-corrected chi connectivity index (χ1v) is 18.0. The minimum Gasteiger partial charge on any atom is -0.383 e. The van der Waals surface area contributed by atoms with Gasteiger partial charge in [-0.15, -0.1) is 0 Å². The molecule has 2 aromatic heterocycles. The minimum absolute atomic E-state index is 0.0211. The number of carbonyl (C=O) groups excluding carboxylic acids is 1. The quantitative estimate of drug-likeness (QED) is 0.0970. The Morgan fingerprint density at radius 3 is 2.26 bits per heavy atom. The summed E-state index contributed by atoms with van der Waals surface area (Å²) in [7, 11) is 3.94.